The minimum atomic E-state index is -0.277. The van der Waals surface area contributed by atoms with Crippen LogP contribution in [0.15, 0.2) is 76.2 Å². The third kappa shape index (κ3) is 3.68. The fourth-order valence-electron chi connectivity index (χ4n) is 3.83. The van der Waals surface area contributed by atoms with Gasteiger partial charge in [0.25, 0.3) is 5.91 Å². The van der Waals surface area contributed by atoms with E-state index in [-0.39, 0.29) is 17.1 Å². The third-order valence-corrected chi connectivity index (χ3v) is 5.64. The van der Waals surface area contributed by atoms with E-state index >= 15 is 0 Å². The zero-order valence-electron chi connectivity index (χ0n) is 16.6. The number of hydrogen-bond donors (Lipinski definition) is 0. The lowest BCUT2D eigenvalue weighted by Gasteiger charge is -2.35. The average Bonchev–Trinajstić information content (AvgIpc) is 3.29. The number of carbonyl (C=O) groups is 1. The summed E-state index contributed by atoms with van der Waals surface area (Å²) < 4.78 is 7.69. The van der Waals surface area contributed by atoms with Gasteiger partial charge in [0, 0.05) is 55.3 Å². The van der Waals surface area contributed by atoms with Gasteiger partial charge in [0.05, 0.1) is 5.39 Å². The normalized spacial score (nSPS) is 14.2. The molecule has 0 bridgehead atoms. The smallest absolute Gasteiger partial charge is 0.289 e. The number of anilines is 1. The van der Waals surface area contributed by atoms with E-state index in [9.17, 15) is 9.59 Å². The zero-order chi connectivity index (χ0) is 21.4. The van der Waals surface area contributed by atoms with E-state index in [1.54, 1.807) is 35.4 Å². The van der Waals surface area contributed by atoms with Gasteiger partial charge >= 0.3 is 0 Å². The summed E-state index contributed by atoms with van der Waals surface area (Å²) in [6.07, 6.45) is 3.64. The van der Waals surface area contributed by atoms with Crippen LogP contribution < -0.4 is 10.3 Å². The number of amides is 1. The predicted octanol–water partition coefficient (Wildman–Crippen LogP) is 3.59. The Hall–Kier alpha value is -3.58. The summed E-state index contributed by atoms with van der Waals surface area (Å²) in [5.41, 5.74) is 1.13. The molecule has 0 N–H and O–H groups in total. The summed E-state index contributed by atoms with van der Waals surface area (Å²) >= 11 is 6.14. The van der Waals surface area contributed by atoms with E-state index in [2.05, 4.69) is 9.88 Å². The highest BCUT2D eigenvalue weighted by molar-refractivity contribution is 6.30. The summed E-state index contributed by atoms with van der Waals surface area (Å²) in [6.45, 7) is 2.22. The number of nitrogens with zero attached hydrogens (tertiary/aromatic N) is 4. The first-order valence-electron chi connectivity index (χ1n) is 9.96. The first-order valence-corrected chi connectivity index (χ1v) is 10.3. The van der Waals surface area contributed by atoms with Gasteiger partial charge in [-0.15, -0.1) is 0 Å². The van der Waals surface area contributed by atoms with Crippen LogP contribution in [0.25, 0.3) is 16.7 Å². The van der Waals surface area contributed by atoms with E-state index in [4.69, 9.17) is 16.0 Å². The molecule has 0 radical (unpaired) electrons. The van der Waals surface area contributed by atoms with Crippen molar-refractivity contribution in [1.82, 2.24) is 14.5 Å². The van der Waals surface area contributed by atoms with Crippen molar-refractivity contribution >= 4 is 34.4 Å². The first kappa shape index (κ1) is 19.4. The highest BCUT2D eigenvalue weighted by Gasteiger charge is 2.26. The molecular weight excluding hydrogens is 416 g/mol. The van der Waals surface area contributed by atoms with Crippen LogP contribution in [-0.2, 0) is 0 Å². The maximum Gasteiger partial charge on any atom is 0.289 e. The van der Waals surface area contributed by atoms with Crippen LogP contribution >= 0.6 is 11.6 Å². The van der Waals surface area contributed by atoms with Crippen LogP contribution in [0.4, 0.5) is 5.95 Å². The van der Waals surface area contributed by atoms with Crippen LogP contribution in [0.5, 0.6) is 0 Å². The van der Waals surface area contributed by atoms with Crippen LogP contribution in [0.3, 0.4) is 0 Å². The number of carbonyl (C=O) groups excluding carboxylic acids is 1. The van der Waals surface area contributed by atoms with Crippen molar-refractivity contribution in [2.24, 2.45) is 0 Å². The maximum atomic E-state index is 13.0. The van der Waals surface area contributed by atoms with Crippen LogP contribution in [-0.4, -0.2) is 46.5 Å². The van der Waals surface area contributed by atoms with Crippen LogP contribution in [0, 0.1) is 0 Å². The lowest BCUT2D eigenvalue weighted by molar-refractivity contribution is 0.0714. The summed E-state index contributed by atoms with van der Waals surface area (Å²) in [4.78, 5) is 33.6. The number of halogens is 1. The van der Waals surface area contributed by atoms with Crippen molar-refractivity contribution in [3.8, 4) is 5.69 Å². The number of para-hydroxylation sites is 1. The molecule has 156 valence electrons. The Morgan fingerprint density at radius 3 is 2.61 bits per heavy atom. The summed E-state index contributed by atoms with van der Waals surface area (Å²) in [5, 5.41) is 1.13. The Balaban J connectivity index is 1.33. The van der Waals surface area contributed by atoms with Gasteiger partial charge in [-0.05, 0) is 30.3 Å². The fraction of sp³-hybridized carbons (Fsp3) is 0.174. The lowest BCUT2D eigenvalue weighted by atomic mass is 10.2. The van der Waals surface area contributed by atoms with Crippen LogP contribution in [0.2, 0.25) is 5.02 Å². The van der Waals surface area contributed by atoms with Crippen molar-refractivity contribution in [2.45, 2.75) is 0 Å². The Kier molecular flexibility index (Phi) is 4.95. The molecule has 1 aliphatic rings. The van der Waals surface area contributed by atoms with Gasteiger partial charge in [0.1, 0.15) is 5.58 Å². The van der Waals surface area contributed by atoms with E-state index in [0.29, 0.717) is 42.2 Å². The molecule has 1 aliphatic heterocycles. The van der Waals surface area contributed by atoms with Gasteiger partial charge in [0.2, 0.25) is 5.95 Å². The van der Waals surface area contributed by atoms with E-state index in [0.717, 1.165) is 11.6 Å². The Bertz CT molecular complexity index is 1320. The SMILES string of the molecule is O=C(c1cc(=O)c2ccccc2o1)N1CCN(c2nccn2-c2cccc(Cl)c2)CC1. The fourth-order valence-corrected chi connectivity index (χ4v) is 4.02. The second-order valence-corrected chi connectivity index (χ2v) is 7.76. The minimum Gasteiger partial charge on any atom is -0.451 e. The Morgan fingerprint density at radius 1 is 1.00 bits per heavy atom. The monoisotopic (exact) mass is 434 g/mol. The van der Waals surface area contributed by atoms with Gasteiger partial charge in [-0.25, -0.2) is 4.98 Å². The van der Waals surface area contributed by atoms with Crippen molar-refractivity contribution < 1.29 is 9.21 Å². The molecule has 8 heteroatoms. The van der Waals surface area contributed by atoms with Gasteiger partial charge in [0.15, 0.2) is 11.2 Å². The van der Waals surface area contributed by atoms with Gasteiger partial charge in [-0.1, -0.05) is 29.8 Å². The molecule has 0 atom stereocenters. The molecule has 2 aromatic heterocycles. The summed E-state index contributed by atoms with van der Waals surface area (Å²) in [5.74, 6) is 0.588. The maximum absolute atomic E-state index is 13.0. The minimum absolute atomic E-state index is 0.0672. The molecule has 1 saturated heterocycles. The molecule has 31 heavy (non-hydrogen) atoms. The van der Waals surface area contributed by atoms with Crippen molar-refractivity contribution in [1.29, 1.82) is 0 Å². The second-order valence-electron chi connectivity index (χ2n) is 7.33. The first-order chi connectivity index (χ1) is 15.1. The number of benzene rings is 2. The molecule has 4 aromatic rings. The molecule has 0 spiro atoms. The number of hydrogen-bond acceptors (Lipinski definition) is 5. The Morgan fingerprint density at radius 2 is 1.81 bits per heavy atom. The van der Waals surface area contributed by atoms with Gasteiger partial charge < -0.3 is 14.2 Å². The molecule has 2 aromatic carbocycles. The lowest BCUT2D eigenvalue weighted by Crippen LogP contribution is -2.49. The van der Waals surface area contributed by atoms with Crippen LogP contribution in [0.1, 0.15) is 10.6 Å². The molecule has 1 fully saturated rings. The molecular formula is C23H19ClN4O3. The molecule has 1 amide bonds. The number of imidazole rings is 1. The van der Waals surface area contributed by atoms with Crippen molar-refractivity contribution in [2.75, 3.05) is 31.1 Å². The zero-order valence-corrected chi connectivity index (χ0v) is 17.3. The second kappa shape index (κ2) is 7.92. The quantitative estimate of drug-likeness (QED) is 0.492. The summed E-state index contributed by atoms with van der Waals surface area (Å²) in [6, 6.07) is 15.8. The van der Waals surface area contributed by atoms with Gasteiger partial charge in [-0.3, -0.25) is 14.2 Å². The van der Waals surface area contributed by atoms with E-state index in [1.807, 2.05) is 35.0 Å². The topological polar surface area (TPSA) is 71.6 Å². The summed E-state index contributed by atoms with van der Waals surface area (Å²) in [7, 11) is 0. The Labute approximate surface area is 183 Å². The van der Waals surface area contributed by atoms with Crippen molar-refractivity contribution in [3.63, 3.8) is 0 Å². The average molecular weight is 435 g/mol. The molecule has 0 unspecified atom stereocenters. The van der Waals surface area contributed by atoms with Gasteiger partial charge in [-0.2, -0.15) is 0 Å². The molecule has 3 heterocycles. The molecule has 5 rings (SSSR count). The number of fused-ring (bicyclic) bond motifs is 1. The highest BCUT2D eigenvalue weighted by Crippen LogP contribution is 2.22. The number of rotatable bonds is 3. The van der Waals surface area contributed by atoms with E-state index in [1.165, 1.54) is 6.07 Å². The predicted molar refractivity (Wildman–Crippen MR) is 119 cm³/mol. The van der Waals surface area contributed by atoms with Crippen molar-refractivity contribution in [3.05, 3.63) is 88.0 Å². The third-order valence-electron chi connectivity index (χ3n) is 5.40. The molecule has 7 nitrogen and oxygen atoms in total. The number of aromatic nitrogens is 2. The largest absolute Gasteiger partial charge is 0.451 e. The standard InChI is InChI=1S/C23H19ClN4O3/c24-16-4-3-5-17(14-16)28-9-8-25-23(28)27-12-10-26(11-13-27)22(30)21-15-19(29)18-6-1-2-7-20(18)31-21/h1-9,14-15H,10-13H2. The molecule has 0 saturated carbocycles. The highest BCUT2D eigenvalue weighted by atomic mass is 35.5. The molecule has 0 aliphatic carbocycles. The number of piperazine rings is 1. The van der Waals surface area contributed by atoms with E-state index < -0.39 is 0 Å².